The van der Waals surface area contributed by atoms with Crippen LogP contribution in [0, 0.1) is 13.8 Å². The molecule has 2 aromatic carbocycles. The number of anilines is 1. The minimum atomic E-state index is -0.338. The molecule has 0 unspecified atom stereocenters. The second-order valence-electron chi connectivity index (χ2n) is 6.10. The van der Waals surface area contributed by atoms with E-state index in [-0.39, 0.29) is 5.91 Å². The lowest BCUT2D eigenvalue weighted by Gasteiger charge is -2.14. The number of oxazole rings is 1. The lowest BCUT2D eigenvalue weighted by atomic mass is 10.1. The summed E-state index contributed by atoms with van der Waals surface area (Å²) in [6, 6.07) is 10.5. The quantitative estimate of drug-likeness (QED) is 0.687. The van der Waals surface area contributed by atoms with Crippen LogP contribution in [-0.2, 0) is 0 Å². The fraction of sp³-hybridized carbons (Fsp3) is 0.238. The number of amides is 1. The molecule has 0 radical (unpaired) electrons. The molecule has 0 aliphatic rings. The van der Waals surface area contributed by atoms with Gasteiger partial charge in [0.2, 0.25) is 5.89 Å². The maximum absolute atomic E-state index is 12.8. The number of hydrogen-bond acceptors (Lipinski definition) is 6. The molecule has 7 nitrogen and oxygen atoms in total. The van der Waals surface area contributed by atoms with Gasteiger partial charge in [0.15, 0.2) is 11.5 Å². The third kappa shape index (κ3) is 3.78. The molecule has 0 saturated heterocycles. The minimum Gasteiger partial charge on any atom is -0.496 e. The van der Waals surface area contributed by atoms with E-state index in [1.165, 1.54) is 21.3 Å². The second kappa shape index (κ2) is 8.04. The highest BCUT2D eigenvalue weighted by Crippen LogP contribution is 2.35. The van der Waals surface area contributed by atoms with Crippen molar-refractivity contribution in [2.45, 2.75) is 13.8 Å². The van der Waals surface area contributed by atoms with Gasteiger partial charge in [0, 0.05) is 23.4 Å². The topological polar surface area (TPSA) is 82.8 Å². The summed E-state index contributed by atoms with van der Waals surface area (Å²) >= 11 is 0. The van der Waals surface area contributed by atoms with Crippen LogP contribution in [0.25, 0.3) is 11.5 Å². The summed E-state index contributed by atoms with van der Waals surface area (Å²) in [5.74, 6) is 2.23. The average molecular weight is 382 g/mol. The van der Waals surface area contributed by atoms with Crippen molar-refractivity contribution in [3.05, 3.63) is 53.4 Å². The van der Waals surface area contributed by atoms with E-state index < -0.39 is 0 Å². The van der Waals surface area contributed by atoms with Crippen LogP contribution in [0.4, 0.5) is 5.69 Å². The molecule has 0 spiro atoms. The molecular weight excluding hydrogens is 360 g/mol. The number of benzene rings is 2. The van der Waals surface area contributed by atoms with Gasteiger partial charge < -0.3 is 23.9 Å². The van der Waals surface area contributed by atoms with Crippen molar-refractivity contribution in [3.63, 3.8) is 0 Å². The van der Waals surface area contributed by atoms with Gasteiger partial charge in [-0.2, -0.15) is 0 Å². The summed E-state index contributed by atoms with van der Waals surface area (Å²) in [5.41, 5.74) is 2.54. The van der Waals surface area contributed by atoms with Gasteiger partial charge in [-0.05, 0) is 32.0 Å². The van der Waals surface area contributed by atoms with E-state index in [4.69, 9.17) is 18.6 Å². The van der Waals surface area contributed by atoms with Crippen LogP contribution < -0.4 is 19.5 Å². The van der Waals surface area contributed by atoms with E-state index in [1.807, 2.05) is 26.0 Å². The molecule has 0 bridgehead atoms. The second-order valence-corrected chi connectivity index (χ2v) is 6.10. The number of nitrogens with one attached hydrogen (secondary N) is 1. The molecule has 1 aromatic heterocycles. The van der Waals surface area contributed by atoms with Crippen LogP contribution in [0.2, 0.25) is 0 Å². The van der Waals surface area contributed by atoms with Gasteiger partial charge in [-0.3, -0.25) is 4.79 Å². The standard InChI is InChI=1S/C21H22N2O5/c1-12-13(2)28-21(22-12)14-7-6-8-15(9-14)23-20(24)16-10-18(26-4)19(27-5)11-17(16)25-3/h6-11H,1-5H3,(H,23,24). The normalized spacial score (nSPS) is 10.5. The highest BCUT2D eigenvalue weighted by molar-refractivity contribution is 6.07. The summed E-state index contributed by atoms with van der Waals surface area (Å²) in [6.07, 6.45) is 0. The molecule has 1 heterocycles. The molecule has 0 atom stereocenters. The zero-order valence-electron chi connectivity index (χ0n) is 16.5. The highest BCUT2D eigenvalue weighted by Gasteiger charge is 2.18. The van der Waals surface area contributed by atoms with Gasteiger partial charge in [0.25, 0.3) is 5.91 Å². The number of aryl methyl sites for hydroxylation is 2. The van der Waals surface area contributed by atoms with E-state index in [0.29, 0.717) is 34.4 Å². The van der Waals surface area contributed by atoms with Gasteiger partial charge in [0.1, 0.15) is 11.5 Å². The van der Waals surface area contributed by atoms with Gasteiger partial charge in [-0.1, -0.05) is 6.07 Å². The van der Waals surface area contributed by atoms with E-state index in [9.17, 15) is 4.79 Å². The molecule has 7 heteroatoms. The summed E-state index contributed by atoms with van der Waals surface area (Å²) < 4.78 is 21.5. The van der Waals surface area contributed by atoms with Crippen LogP contribution in [0.15, 0.2) is 40.8 Å². The number of methoxy groups -OCH3 is 3. The first-order chi connectivity index (χ1) is 13.5. The van der Waals surface area contributed by atoms with Gasteiger partial charge >= 0.3 is 0 Å². The number of nitrogens with zero attached hydrogens (tertiary/aromatic N) is 1. The molecule has 1 amide bonds. The zero-order chi connectivity index (χ0) is 20.3. The van der Waals surface area contributed by atoms with E-state index in [0.717, 1.165) is 17.0 Å². The fourth-order valence-corrected chi connectivity index (χ4v) is 2.73. The first-order valence-corrected chi connectivity index (χ1v) is 8.62. The Kier molecular flexibility index (Phi) is 5.54. The molecule has 3 aromatic rings. The number of aromatic nitrogens is 1. The van der Waals surface area contributed by atoms with Crippen molar-refractivity contribution >= 4 is 11.6 Å². The summed E-state index contributed by atoms with van der Waals surface area (Å²) in [6.45, 7) is 3.75. The Morgan fingerprint density at radius 2 is 1.64 bits per heavy atom. The van der Waals surface area contributed by atoms with E-state index >= 15 is 0 Å². The van der Waals surface area contributed by atoms with Crippen LogP contribution in [0.5, 0.6) is 17.2 Å². The Morgan fingerprint density at radius 1 is 0.964 bits per heavy atom. The third-order valence-electron chi connectivity index (χ3n) is 4.35. The predicted octanol–water partition coefficient (Wildman–Crippen LogP) is 4.24. The minimum absolute atomic E-state index is 0.327. The van der Waals surface area contributed by atoms with Crippen LogP contribution in [-0.4, -0.2) is 32.2 Å². The monoisotopic (exact) mass is 382 g/mol. The Morgan fingerprint density at radius 3 is 2.25 bits per heavy atom. The molecular formula is C21H22N2O5. The van der Waals surface area contributed by atoms with Crippen molar-refractivity contribution in [1.82, 2.24) is 4.98 Å². The van der Waals surface area contributed by atoms with Crippen molar-refractivity contribution in [2.24, 2.45) is 0 Å². The molecule has 0 aliphatic heterocycles. The first kappa shape index (κ1) is 19.3. The van der Waals surface area contributed by atoms with Crippen molar-refractivity contribution < 1.29 is 23.4 Å². The molecule has 0 saturated carbocycles. The van der Waals surface area contributed by atoms with Crippen LogP contribution in [0.3, 0.4) is 0 Å². The smallest absolute Gasteiger partial charge is 0.259 e. The average Bonchev–Trinajstić information content (AvgIpc) is 3.05. The SMILES string of the molecule is COc1cc(OC)c(C(=O)Nc2cccc(-c3nc(C)c(C)o3)c2)cc1OC. The predicted molar refractivity (Wildman–Crippen MR) is 105 cm³/mol. The Labute approximate surface area is 163 Å². The third-order valence-corrected chi connectivity index (χ3v) is 4.35. The highest BCUT2D eigenvalue weighted by atomic mass is 16.5. The molecule has 28 heavy (non-hydrogen) atoms. The van der Waals surface area contributed by atoms with Crippen molar-refractivity contribution in [1.29, 1.82) is 0 Å². The Hall–Kier alpha value is -3.48. The maximum atomic E-state index is 12.8. The molecule has 146 valence electrons. The van der Waals surface area contributed by atoms with Crippen LogP contribution >= 0.6 is 0 Å². The number of carbonyl (C=O) groups excluding carboxylic acids is 1. The van der Waals surface area contributed by atoms with E-state index in [2.05, 4.69) is 10.3 Å². The Bertz CT molecular complexity index is 991. The molecule has 3 rings (SSSR count). The summed E-state index contributed by atoms with van der Waals surface area (Å²) in [7, 11) is 4.52. The number of hydrogen-bond donors (Lipinski definition) is 1. The molecule has 1 N–H and O–H groups in total. The first-order valence-electron chi connectivity index (χ1n) is 8.62. The number of rotatable bonds is 6. The summed E-state index contributed by atoms with van der Waals surface area (Å²) in [4.78, 5) is 17.2. The summed E-state index contributed by atoms with van der Waals surface area (Å²) in [5, 5.41) is 2.87. The van der Waals surface area contributed by atoms with Crippen molar-refractivity contribution in [3.8, 4) is 28.7 Å². The van der Waals surface area contributed by atoms with Gasteiger partial charge in [0.05, 0.1) is 32.6 Å². The Balaban J connectivity index is 1.90. The molecule has 0 fully saturated rings. The largest absolute Gasteiger partial charge is 0.496 e. The van der Waals surface area contributed by atoms with E-state index in [1.54, 1.807) is 24.3 Å². The van der Waals surface area contributed by atoms with Gasteiger partial charge in [-0.15, -0.1) is 0 Å². The molecule has 0 aliphatic carbocycles. The lowest BCUT2D eigenvalue weighted by Crippen LogP contribution is -2.13. The lowest BCUT2D eigenvalue weighted by molar-refractivity contribution is 0.102. The van der Waals surface area contributed by atoms with Gasteiger partial charge in [-0.25, -0.2) is 4.98 Å². The fourth-order valence-electron chi connectivity index (χ4n) is 2.73. The number of carbonyl (C=O) groups is 1. The van der Waals surface area contributed by atoms with Crippen molar-refractivity contribution in [2.75, 3.05) is 26.6 Å². The maximum Gasteiger partial charge on any atom is 0.259 e. The van der Waals surface area contributed by atoms with Crippen LogP contribution in [0.1, 0.15) is 21.8 Å². The zero-order valence-corrected chi connectivity index (χ0v) is 16.5. The number of ether oxygens (including phenoxy) is 3.